The maximum Gasteiger partial charge on any atom is 0.123 e. The standard InChI is InChI=1S/C13H17FO5/c14-8-3-1-2-7(4-8)5-9-11(16)13(18)12(17)10(6-15)19-9/h1-4,9-13,15-18H,5-6H2/t9-,10+,11-,12+,13+/m0/s1. The first-order chi connectivity index (χ1) is 9.02. The average Bonchev–Trinajstić information content (AvgIpc) is 2.39. The van der Waals surface area contributed by atoms with Crippen LogP contribution >= 0.6 is 0 Å². The first-order valence-electron chi connectivity index (χ1n) is 6.08. The van der Waals surface area contributed by atoms with Crippen molar-refractivity contribution in [2.75, 3.05) is 6.61 Å². The summed E-state index contributed by atoms with van der Waals surface area (Å²) in [5.74, 6) is -0.401. The zero-order valence-electron chi connectivity index (χ0n) is 10.2. The Morgan fingerprint density at radius 1 is 1.05 bits per heavy atom. The van der Waals surface area contributed by atoms with E-state index in [1.54, 1.807) is 6.07 Å². The second kappa shape index (κ2) is 5.94. The fourth-order valence-corrected chi connectivity index (χ4v) is 2.24. The van der Waals surface area contributed by atoms with E-state index in [2.05, 4.69) is 0 Å². The lowest BCUT2D eigenvalue weighted by atomic mass is 9.92. The molecule has 1 fully saturated rings. The molecule has 0 saturated carbocycles. The topological polar surface area (TPSA) is 90.2 Å². The third-order valence-electron chi connectivity index (χ3n) is 3.32. The van der Waals surface area contributed by atoms with Gasteiger partial charge < -0.3 is 25.2 Å². The lowest BCUT2D eigenvalue weighted by molar-refractivity contribution is -0.228. The Morgan fingerprint density at radius 2 is 1.74 bits per heavy atom. The number of ether oxygens (including phenoxy) is 1. The molecule has 5 atom stereocenters. The van der Waals surface area contributed by atoms with Crippen LogP contribution < -0.4 is 0 Å². The van der Waals surface area contributed by atoms with Crippen LogP contribution in [0.2, 0.25) is 0 Å². The van der Waals surface area contributed by atoms with Gasteiger partial charge >= 0.3 is 0 Å². The molecule has 5 nitrogen and oxygen atoms in total. The molecule has 0 radical (unpaired) electrons. The van der Waals surface area contributed by atoms with Crippen molar-refractivity contribution in [2.24, 2.45) is 0 Å². The van der Waals surface area contributed by atoms with Crippen molar-refractivity contribution in [3.63, 3.8) is 0 Å². The molecule has 0 unspecified atom stereocenters. The van der Waals surface area contributed by atoms with E-state index in [9.17, 15) is 19.7 Å². The number of hydrogen-bond acceptors (Lipinski definition) is 5. The van der Waals surface area contributed by atoms with Crippen LogP contribution in [-0.4, -0.2) is 57.6 Å². The van der Waals surface area contributed by atoms with Crippen molar-refractivity contribution < 1.29 is 29.6 Å². The van der Waals surface area contributed by atoms with Crippen molar-refractivity contribution in [1.82, 2.24) is 0 Å². The summed E-state index contributed by atoms with van der Waals surface area (Å²) in [6.45, 7) is -0.468. The van der Waals surface area contributed by atoms with E-state index in [4.69, 9.17) is 9.84 Å². The molecule has 0 aliphatic carbocycles. The molecule has 2 rings (SSSR count). The SMILES string of the molecule is OC[C@H]1O[C@@H](Cc2cccc(F)c2)[C@H](O)[C@@H](O)[C@@H]1O. The van der Waals surface area contributed by atoms with Gasteiger partial charge in [-0.05, 0) is 17.7 Å². The Morgan fingerprint density at radius 3 is 2.37 bits per heavy atom. The summed E-state index contributed by atoms with van der Waals surface area (Å²) in [4.78, 5) is 0. The second-order valence-electron chi connectivity index (χ2n) is 4.70. The summed E-state index contributed by atoms with van der Waals surface area (Å²) in [6, 6.07) is 5.82. The van der Waals surface area contributed by atoms with Crippen LogP contribution in [0.25, 0.3) is 0 Å². The highest BCUT2D eigenvalue weighted by Gasteiger charge is 2.43. The van der Waals surface area contributed by atoms with Crippen molar-refractivity contribution in [3.05, 3.63) is 35.6 Å². The van der Waals surface area contributed by atoms with Crippen molar-refractivity contribution >= 4 is 0 Å². The molecule has 1 aromatic rings. The quantitative estimate of drug-likeness (QED) is 0.579. The molecule has 6 heteroatoms. The first-order valence-corrected chi connectivity index (χ1v) is 6.08. The predicted molar refractivity (Wildman–Crippen MR) is 63.9 cm³/mol. The van der Waals surface area contributed by atoms with Crippen LogP contribution in [0.4, 0.5) is 4.39 Å². The minimum Gasteiger partial charge on any atom is -0.394 e. The summed E-state index contributed by atoms with van der Waals surface area (Å²) in [5, 5.41) is 38.2. The minimum atomic E-state index is -1.40. The molecule has 1 aliphatic heterocycles. The van der Waals surface area contributed by atoms with Crippen molar-refractivity contribution in [3.8, 4) is 0 Å². The van der Waals surface area contributed by atoms with E-state index in [1.165, 1.54) is 18.2 Å². The number of hydrogen-bond donors (Lipinski definition) is 4. The Hall–Kier alpha value is -1.05. The van der Waals surface area contributed by atoms with E-state index in [1.807, 2.05) is 0 Å². The summed E-state index contributed by atoms with van der Waals surface area (Å²) < 4.78 is 18.4. The highest BCUT2D eigenvalue weighted by atomic mass is 19.1. The van der Waals surface area contributed by atoms with Crippen LogP contribution in [0.15, 0.2) is 24.3 Å². The summed E-state index contributed by atoms with van der Waals surface area (Å²) in [5.41, 5.74) is 0.601. The summed E-state index contributed by atoms with van der Waals surface area (Å²) in [6.07, 6.45) is -5.62. The molecular formula is C13H17FO5. The maximum absolute atomic E-state index is 13.1. The lowest BCUT2D eigenvalue weighted by Gasteiger charge is -2.40. The van der Waals surface area contributed by atoms with Crippen molar-refractivity contribution in [2.45, 2.75) is 36.9 Å². The van der Waals surface area contributed by atoms with Crippen LogP contribution in [0, 0.1) is 5.82 Å². The van der Waals surface area contributed by atoms with Gasteiger partial charge in [-0.25, -0.2) is 4.39 Å². The molecule has 1 aliphatic rings. The molecule has 0 bridgehead atoms. The Bertz CT molecular complexity index is 425. The van der Waals surface area contributed by atoms with E-state index in [-0.39, 0.29) is 6.42 Å². The van der Waals surface area contributed by atoms with Gasteiger partial charge in [-0.15, -0.1) is 0 Å². The number of benzene rings is 1. The molecule has 0 amide bonds. The lowest BCUT2D eigenvalue weighted by Crippen LogP contribution is -2.59. The smallest absolute Gasteiger partial charge is 0.123 e. The summed E-state index contributed by atoms with van der Waals surface area (Å²) in [7, 11) is 0. The number of rotatable bonds is 3. The minimum absolute atomic E-state index is 0.180. The number of aliphatic hydroxyl groups excluding tert-OH is 4. The van der Waals surface area contributed by atoms with Crippen LogP contribution in [-0.2, 0) is 11.2 Å². The second-order valence-corrected chi connectivity index (χ2v) is 4.70. The third kappa shape index (κ3) is 3.10. The predicted octanol–water partition coefficient (Wildman–Crippen LogP) is -0.789. The van der Waals surface area contributed by atoms with Gasteiger partial charge in [0.25, 0.3) is 0 Å². The van der Waals surface area contributed by atoms with Gasteiger partial charge in [-0.3, -0.25) is 0 Å². The van der Waals surface area contributed by atoms with Gasteiger partial charge in [-0.1, -0.05) is 12.1 Å². The molecule has 4 N–H and O–H groups in total. The van der Waals surface area contributed by atoms with E-state index >= 15 is 0 Å². The van der Waals surface area contributed by atoms with Gasteiger partial charge in [0.1, 0.15) is 30.2 Å². The highest BCUT2D eigenvalue weighted by molar-refractivity contribution is 5.18. The molecule has 106 valence electrons. The molecular weight excluding hydrogens is 255 g/mol. The Kier molecular flexibility index (Phi) is 4.49. The molecule has 19 heavy (non-hydrogen) atoms. The van der Waals surface area contributed by atoms with Gasteiger partial charge in [-0.2, -0.15) is 0 Å². The Labute approximate surface area is 109 Å². The zero-order valence-corrected chi connectivity index (χ0v) is 10.2. The van der Waals surface area contributed by atoms with Gasteiger partial charge in [0.15, 0.2) is 0 Å². The first kappa shape index (κ1) is 14.4. The van der Waals surface area contributed by atoms with E-state index in [0.717, 1.165) is 0 Å². The number of aliphatic hydroxyl groups is 4. The Balaban J connectivity index is 2.10. The van der Waals surface area contributed by atoms with Crippen LogP contribution in [0.5, 0.6) is 0 Å². The monoisotopic (exact) mass is 272 g/mol. The molecule has 0 spiro atoms. The number of halogens is 1. The third-order valence-corrected chi connectivity index (χ3v) is 3.32. The van der Waals surface area contributed by atoms with Gasteiger partial charge in [0.2, 0.25) is 0 Å². The summed E-state index contributed by atoms with van der Waals surface area (Å²) >= 11 is 0. The van der Waals surface area contributed by atoms with Gasteiger partial charge in [0, 0.05) is 6.42 Å². The molecule has 1 saturated heterocycles. The largest absolute Gasteiger partial charge is 0.394 e. The maximum atomic E-state index is 13.1. The van der Waals surface area contributed by atoms with Crippen molar-refractivity contribution in [1.29, 1.82) is 0 Å². The molecule has 1 aromatic carbocycles. The highest BCUT2D eigenvalue weighted by Crippen LogP contribution is 2.23. The van der Waals surface area contributed by atoms with Crippen LogP contribution in [0.1, 0.15) is 5.56 Å². The molecule has 1 heterocycles. The molecule has 0 aromatic heterocycles. The van der Waals surface area contributed by atoms with E-state index in [0.29, 0.717) is 5.56 Å². The normalized spacial score (nSPS) is 35.3. The fourth-order valence-electron chi connectivity index (χ4n) is 2.24. The van der Waals surface area contributed by atoms with Gasteiger partial charge in [0.05, 0.1) is 12.7 Å². The zero-order chi connectivity index (χ0) is 14.0. The van der Waals surface area contributed by atoms with Crippen LogP contribution in [0.3, 0.4) is 0 Å². The van der Waals surface area contributed by atoms with E-state index < -0.39 is 42.9 Å². The fraction of sp³-hybridized carbons (Fsp3) is 0.538. The average molecular weight is 272 g/mol.